The van der Waals surface area contributed by atoms with E-state index in [4.69, 9.17) is 9.15 Å². The first-order valence-electron chi connectivity index (χ1n) is 8.21. The Morgan fingerprint density at radius 2 is 1.77 bits per heavy atom. The van der Waals surface area contributed by atoms with Crippen LogP contribution in [0.4, 0.5) is 4.39 Å². The van der Waals surface area contributed by atoms with Gasteiger partial charge in [-0.05, 0) is 25.1 Å². The maximum Gasteiger partial charge on any atom is 0.342 e. The Morgan fingerprint density at radius 3 is 2.50 bits per heavy atom. The zero-order valence-corrected chi connectivity index (χ0v) is 14.0. The number of carbonyl (C=O) groups is 1. The van der Waals surface area contributed by atoms with Crippen LogP contribution in [0.3, 0.4) is 0 Å². The molecule has 1 N–H and O–H groups in total. The quantitative estimate of drug-likeness (QED) is 0.511. The standard InChI is InChI=1S/C21H15FO4/c1-2-25-21(24)18-15-11-17(23)12-7-3-4-8-13(12)19(15)26-20(18)14-9-5-6-10-16(14)22/h3-11,23H,2H2,1H3. The maximum absolute atomic E-state index is 14.4. The van der Waals surface area contributed by atoms with Crippen LogP contribution in [0.2, 0.25) is 0 Å². The molecule has 4 rings (SSSR count). The molecule has 1 heterocycles. The van der Waals surface area contributed by atoms with Gasteiger partial charge in [0, 0.05) is 16.2 Å². The molecule has 1 aromatic heterocycles. The smallest absolute Gasteiger partial charge is 0.342 e. The Bertz CT molecular complexity index is 1140. The second kappa shape index (κ2) is 6.19. The van der Waals surface area contributed by atoms with Crippen molar-refractivity contribution in [3.63, 3.8) is 0 Å². The molecule has 5 heteroatoms. The van der Waals surface area contributed by atoms with E-state index in [1.54, 1.807) is 43.3 Å². The van der Waals surface area contributed by atoms with Crippen LogP contribution in [0.25, 0.3) is 33.1 Å². The molecule has 4 nitrogen and oxygen atoms in total. The highest BCUT2D eigenvalue weighted by molar-refractivity contribution is 6.16. The lowest BCUT2D eigenvalue weighted by atomic mass is 10.0. The van der Waals surface area contributed by atoms with Crippen LogP contribution in [-0.4, -0.2) is 17.7 Å². The van der Waals surface area contributed by atoms with Crippen molar-refractivity contribution in [2.45, 2.75) is 6.92 Å². The summed E-state index contributed by atoms with van der Waals surface area (Å²) < 4.78 is 25.5. The van der Waals surface area contributed by atoms with Crippen molar-refractivity contribution in [3.8, 4) is 17.1 Å². The molecule has 26 heavy (non-hydrogen) atoms. The first kappa shape index (κ1) is 16.1. The van der Waals surface area contributed by atoms with E-state index in [0.29, 0.717) is 21.7 Å². The Morgan fingerprint density at radius 1 is 1.08 bits per heavy atom. The molecule has 0 atom stereocenters. The second-order valence-corrected chi connectivity index (χ2v) is 5.82. The number of halogens is 1. The first-order chi connectivity index (χ1) is 12.6. The number of phenolic OH excluding ortho intramolecular Hbond substituents is 1. The monoisotopic (exact) mass is 350 g/mol. The van der Waals surface area contributed by atoms with Crippen molar-refractivity contribution >= 4 is 27.7 Å². The highest BCUT2D eigenvalue weighted by Crippen LogP contribution is 2.41. The molecule has 0 aliphatic rings. The van der Waals surface area contributed by atoms with Crippen molar-refractivity contribution < 1.29 is 23.4 Å². The zero-order valence-electron chi connectivity index (χ0n) is 14.0. The number of ether oxygens (including phenoxy) is 1. The summed E-state index contributed by atoms with van der Waals surface area (Å²) in [4.78, 5) is 12.6. The summed E-state index contributed by atoms with van der Waals surface area (Å²) in [5.41, 5.74) is 0.669. The van der Waals surface area contributed by atoms with Gasteiger partial charge in [-0.3, -0.25) is 0 Å². The molecule has 0 radical (unpaired) electrons. The molecule has 0 fully saturated rings. The number of carbonyl (C=O) groups excluding carboxylic acids is 1. The lowest BCUT2D eigenvalue weighted by Gasteiger charge is -2.04. The van der Waals surface area contributed by atoms with Gasteiger partial charge in [-0.2, -0.15) is 0 Å². The summed E-state index contributed by atoms with van der Waals surface area (Å²) in [5, 5.41) is 12.0. The molecule has 130 valence electrons. The van der Waals surface area contributed by atoms with Crippen molar-refractivity contribution in [2.24, 2.45) is 0 Å². The molecule has 3 aromatic carbocycles. The number of fused-ring (bicyclic) bond motifs is 3. The SMILES string of the molecule is CCOC(=O)c1c(-c2ccccc2F)oc2c1cc(O)c1ccccc12. The van der Waals surface area contributed by atoms with Gasteiger partial charge >= 0.3 is 5.97 Å². The molecular formula is C21H15FO4. The van der Waals surface area contributed by atoms with Gasteiger partial charge in [0.05, 0.1) is 12.2 Å². The van der Waals surface area contributed by atoms with E-state index in [1.807, 2.05) is 0 Å². The minimum Gasteiger partial charge on any atom is -0.507 e. The van der Waals surface area contributed by atoms with Gasteiger partial charge in [0.2, 0.25) is 0 Å². The van der Waals surface area contributed by atoms with Crippen molar-refractivity contribution in [3.05, 3.63) is 66.0 Å². The summed E-state index contributed by atoms with van der Waals surface area (Å²) >= 11 is 0. The largest absolute Gasteiger partial charge is 0.507 e. The summed E-state index contributed by atoms with van der Waals surface area (Å²) in [5.74, 6) is -1.03. The minimum absolute atomic E-state index is 0.0135. The van der Waals surface area contributed by atoms with Gasteiger partial charge in [0.15, 0.2) is 5.76 Å². The van der Waals surface area contributed by atoms with Gasteiger partial charge in [-0.25, -0.2) is 9.18 Å². The number of esters is 1. The number of furan rings is 1. The number of rotatable bonds is 3. The Balaban J connectivity index is 2.14. The van der Waals surface area contributed by atoms with Crippen LogP contribution in [0.5, 0.6) is 5.75 Å². The molecule has 0 spiro atoms. The summed E-state index contributed by atoms with van der Waals surface area (Å²) in [7, 11) is 0. The molecule has 0 aliphatic carbocycles. The predicted octanol–water partition coefficient (Wildman–Crippen LogP) is 5.27. The third-order valence-electron chi connectivity index (χ3n) is 4.27. The van der Waals surface area contributed by atoms with E-state index in [2.05, 4.69) is 0 Å². The van der Waals surface area contributed by atoms with Crippen LogP contribution in [0, 0.1) is 5.82 Å². The zero-order chi connectivity index (χ0) is 18.3. The fraction of sp³-hybridized carbons (Fsp3) is 0.0952. The fourth-order valence-electron chi connectivity index (χ4n) is 3.14. The number of benzene rings is 3. The Kier molecular flexibility index (Phi) is 3.84. The molecule has 0 saturated heterocycles. The minimum atomic E-state index is -0.626. The van der Waals surface area contributed by atoms with Gasteiger partial charge < -0.3 is 14.3 Å². The van der Waals surface area contributed by atoms with E-state index in [1.165, 1.54) is 18.2 Å². The summed E-state index contributed by atoms with van der Waals surface area (Å²) in [6.07, 6.45) is 0. The second-order valence-electron chi connectivity index (χ2n) is 5.82. The lowest BCUT2D eigenvalue weighted by Crippen LogP contribution is -2.05. The van der Waals surface area contributed by atoms with Crippen LogP contribution in [0.15, 0.2) is 59.0 Å². The molecule has 0 saturated carbocycles. The molecule has 4 aromatic rings. The maximum atomic E-state index is 14.4. The molecule has 0 unspecified atom stereocenters. The average Bonchev–Trinajstić information content (AvgIpc) is 3.02. The highest BCUT2D eigenvalue weighted by Gasteiger charge is 2.26. The van der Waals surface area contributed by atoms with Crippen LogP contribution in [0.1, 0.15) is 17.3 Å². The van der Waals surface area contributed by atoms with Crippen LogP contribution in [-0.2, 0) is 4.74 Å². The third-order valence-corrected chi connectivity index (χ3v) is 4.27. The van der Waals surface area contributed by atoms with Crippen molar-refractivity contribution in [2.75, 3.05) is 6.61 Å². The summed E-state index contributed by atoms with van der Waals surface area (Å²) in [6.45, 7) is 1.86. The predicted molar refractivity (Wildman–Crippen MR) is 96.7 cm³/mol. The molecule has 0 aliphatic heterocycles. The van der Waals surface area contributed by atoms with Crippen LogP contribution >= 0.6 is 0 Å². The van der Waals surface area contributed by atoms with E-state index >= 15 is 0 Å². The van der Waals surface area contributed by atoms with Gasteiger partial charge in [-0.1, -0.05) is 36.4 Å². The fourth-order valence-corrected chi connectivity index (χ4v) is 3.14. The Labute approximate surface area is 148 Å². The topological polar surface area (TPSA) is 59.7 Å². The number of hydrogen-bond acceptors (Lipinski definition) is 4. The highest BCUT2D eigenvalue weighted by atomic mass is 19.1. The number of phenols is 1. The Hall–Kier alpha value is -3.34. The van der Waals surface area contributed by atoms with E-state index in [-0.39, 0.29) is 29.2 Å². The first-order valence-corrected chi connectivity index (χ1v) is 8.21. The molecular weight excluding hydrogens is 335 g/mol. The van der Waals surface area contributed by atoms with Gasteiger partial charge in [0.1, 0.15) is 22.7 Å². The van der Waals surface area contributed by atoms with E-state index in [9.17, 15) is 14.3 Å². The number of hydrogen-bond donors (Lipinski definition) is 1. The van der Waals surface area contributed by atoms with E-state index in [0.717, 1.165) is 0 Å². The van der Waals surface area contributed by atoms with Crippen molar-refractivity contribution in [1.29, 1.82) is 0 Å². The van der Waals surface area contributed by atoms with Crippen molar-refractivity contribution in [1.82, 2.24) is 0 Å². The third kappa shape index (κ3) is 2.40. The average molecular weight is 350 g/mol. The lowest BCUT2D eigenvalue weighted by molar-refractivity contribution is 0.0529. The number of aromatic hydroxyl groups is 1. The van der Waals surface area contributed by atoms with Gasteiger partial charge in [0.25, 0.3) is 0 Å². The molecule has 0 bridgehead atoms. The summed E-state index contributed by atoms with van der Waals surface area (Å²) in [6, 6.07) is 14.6. The van der Waals surface area contributed by atoms with Gasteiger partial charge in [-0.15, -0.1) is 0 Å². The molecule has 0 amide bonds. The van der Waals surface area contributed by atoms with E-state index < -0.39 is 11.8 Å². The normalized spacial score (nSPS) is 11.2. The van der Waals surface area contributed by atoms with Crippen LogP contribution < -0.4 is 0 Å².